The van der Waals surface area contributed by atoms with Crippen molar-refractivity contribution in [3.63, 3.8) is 0 Å². The van der Waals surface area contributed by atoms with Crippen molar-refractivity contribution in [2.45, 2.75) is 32.6 Å². The van der Waals surface area contributed by atoms with Crippen LogP contribution in [0.4, 0.5) is 5.69 Å². The quantitative estimate of drug-likeness (QED) is 0.442. The van der Waals surface area contributed by atoms with Crippen molar-refractivity contribution in [2.75, 3.05) is 12.0 Å². The third kappa shape index (κ3) is 4.38. The second-order valence-electron chi connectivity index (χ2n) is 8.64. The molecule has 0 fully saturated rings. The van der Waals surface area contributed by atoms with E-state index in [1.165, 1.54) is 0 Å². The third-order valence-electron chi connectivity index (χ3n) is 5.38. The predicted molar refractivity (Wildman–Crippen MR) is 130 cm³/mol. The molecular weight excluding hydrogens is 472 g/mol. The van der Waals surface area contributed by atoms with Crippen LogP contribution in [0, 0.1) is 0 Å². The Morgan fingerprint density at radius 1 is 1.13 bits per heavy atom. The number of methoxy groups -OCH3 is 1. The van der Waals surface area contributed by atoms with Gasteiger partial charge < -0.3 is 14.2 Å². The fourth-order valence-electron chi connectivity index (χ4n) is 3.58. The summed E-state index contributed by atoms with van der Waals surface area (Å²) in [5.41, 5.74) is 4.45. The molecule has 1 aliphatic rings. The van der Waals surface area contributed by atoms with Crippen molar-refractivity contribution in [1.29, 1.82) is 0 Å². The van der Waals surface area contributed by atoms with Gasteiger partial charge in [0.05, 0.1) is 25.8 Å². The summed E-state index contributed by atoms with van der Waals surface area (Å²) < 4.78 is 11.8. The number of hydrogen-bond acceptors (Lipinski definition) is 4. The van der Waals surface area contributed by atoms with Crippen LogP contribution >= 0.6 is 15.9 Å². The van der Waals surface area contributed by atoms with Crippen LogP contribution in [0.3, 0.4) is 0 Å². The number of nitrogens with zero attached hydrogens (tertiary/aromatic N) is 2. The molecule has 0 bridgehead atoms. The van der Waals surface area contributed by atoms with Gasteiger partial charge in [0.25, 0.3) is 0 Å². The molecule has 5 nitrogen and oxygen atoms in total. The summed E-state index contributed by atoms with van der Waals surface area (Å²) in [6.45, 7) is 7.12. The van der Waals surface area contributed by atoms with Crippen LogP contribution in [0.15, 0.2) is 59.1 Å². The summed E-state index contributed by atoms with van der Waals surface area (Å²) in [7, 11) is 0.000226. The number of anilines is 1. The number of carbonyl (C=O) groups is 1. The molecule has 7 heteroatoms. The number of rotatable bonds is 5. The lowest BCUT2D eigenvalue weighted by atomic mass is 10.1. The number of benzene rings is 2. The molecule has 1 amide bonds. The zero-order valence-corrected chi connectivity index (χ0v) is 20.7. The van der Waals surface area contributed by atoms with Crippen LogP contribution < -0.4 is 15.0 Å². The molecule has 1 aliphatic heterocycles. The number of ether oxygens (including phenoxy) is 1. The first-order valence-electron chi connectivity index (χ1n) is 10.2. The number of carbonyl (C=O) groups excluding carboxylic acids is 1. The summed E-state index contributed by atoms with van der Waals surface area (Å²) >= 11 is 3.77. The highest BCUT2D eigenvalue weighted by atomic mass is 79.9. The standard InChI is InChI=1S/C24H25BrN2O3Si/c1-29-17-11-9-16(10-12-17)15-27-21-8-6-5-7-18(21)24(25)19(13-22(27)28)20-14-23(30-26-20)31(2,3)4/h5-12,14H,13,15H2,1-4H3. The van der Waals surface area contributed by atoms with Crippen LogP contribution in [0.5, 0.6) is 5.75 Å². The van der Waals surface area contributed by atoms with Gasteiger partial charge in [0.15, 0.2) is 0 Å². The Bertz CT molecular complexity index is 1150. The Hall–Kier alpha value is -2.64. The minimum Gasteiger partial charge on any atom is -0.497 e. The molecule has 0 unspecified atom stereocenters. The summed E-state index contributed by atoms with van der Waals surface area (Å²) in [5, 5.41) is 5.25. The Morgan fingerprint density at radius 2 is 1.84 bits per heavy atom. The molecule has 0 atom stereocenters. The molecule has 0 saturated heterocycles. The topological polar surface area (TPSA) is 55.6 Å². The first-order valence-corrected chi connectivity index (χ1v) is 14.5. The second kappa shape index (κ2) is 8.47. The van der Waals surface area contributed by atoms with Gasteiger partial charge in [0.1, 0.15) is 24.9 Å². The lowest BCUT2D eigenvalue weighted by molar-refractivity contribution is -0.117. The Kier molecular flexibility index (Phi) is 5.90. The van der Waals surface area contributed by atoms with Gasteiger partial charge in [-0.2, -0.15) is 0 Å². The van der Waals surface area contributed by atoms with E-state index in [4.69, 9.17) is 9.26 Å². The van der Waals surface area contributed by atoms with Gasteiger partial charge in [-0.25, -0.2) is 0 Å². The van der Waals surface area contributed by atoms with Crippen LogP contribution in [0.2, 0.25) is 19.6 Å². The summed E-state index contributed by atoms with van der Waals surface area (Å²) in [6, 6.07) is 17.7. The number of halogens is 1. The van der Waals surface area contributed by atoms with E-state index < -0.39 is 8.07 Å². The van der Waals surface area contributed by atoms with Gasteiger partial charge in [-0.3, -0.25) is 4.79 Å². The smallest absolute Gasteiger partial charge is 0.231 e. The van der Waals surface area contributed by atoms with E-state index in [9.17, 15) is 4.79 Å². The summed E-state index contributed by atoms with van der Waals surface area (Å²) in [6.07, 6.45) is 0.239. The van der Waals surface area contributed by atoms with E-state index >= 15 is 0 Å². The van der Waals surface area contributed by atoms with Gasteiger partial charge in [-0.05, 0) is 39.7 Å². The first kappa shape index (κ1) is 21.6. The van der Waals surface area contributed by atoms with E-state index in [-0.39, 0.29) is 12.3 Å². The van der Waals surface area contributed by atoms with Gasteiger partial charge >= 0.3 is 0 Å². The average Bonchev–Trinajstić information content (AvgIpc) is 3.23. The molecule has 0 N–H and O–H groups in total. The fraction of sp³-hybridized carbons (Fsp3) is 0.250. The molecule has 31 heavy (non-hydrogen) atoms. The molecule has 2 heterocycles. The summed E-state index contributed by atoms with van der Waals surface area (Å²) in [4.78, 5) is 15.3. The maximum Gasteiger partial charge on any atom is 0.231 e. The molecular formula is C24H25BrN2O3Si. The zero-order chi connectivity index (χ0) is 22.2. The van der Waals surface area contributed by atoms with Gasteiger partial charge in [0.2, 0.25) is 5.91 Å². The number of amides is 1. The Balaban J connectivity index is 1.74. The van der Waals surface area contributed by atoms with E-state index in [0.717, 1.165) is 43.7 Å². The SMILES string of the molecule is COc1ccc(CN2C(=O)CC(c3cc([Si](C)(C)C)on3)=C(Br)c3ccccc32)cc1. The van der Waals surface area contributed by atoms with E-state index in [1.54, 1.807) is 7.11 Å². The fourth-order valence-corrected chi connectivity index (χ4v) is 5.14. The van der Waals surface area contributed by atoms with E-state index in [1.807, 2.05) is 59.5 Å². The number of aromatic nitrogens is 1. The Morgan fingerprint density at radius 3 is 2.48 bits per heavy atom. The van der Waals surface area contributed by atoms with Crippen LogP contribution in [0.25, 0.3) is 10.1 Å². The van der Waals surface area contributed by atoms with Crippen molar-refractivity contribution in [3.05, 3.63) is 71.4 Å². The van der Waals surface area contributed by atoms with Crippen molar-refractivity contribution in [3.8, 4) is 5.75 Å². The van der Waals surface area contributed by atoms with Gasteiger partial charge in [0, 0.05) is 21.7 Å². The van der Waals surface area contributed by atoms with Gasteiger partial charge in [-0.15, -0.1) is 0 Å². The molecule has 160 valence electrons. The molecule has 0 radical (unpaired) electrons. The monoisotopic (exact) mass is 496 g/mol. The zero-order valence-electron chi connectivity index (χ0n) is 18.1. The molecule has 3 aromatic rings. The largest absolute Gasteiger partial charge is 0.497 e. The minimum absolute atomic E-state index is 0.0188. The van der Waals surface area contributed by atoms with E-state index in [2.05, 4.69) is 40.7 Å². The predicted octanol–water partition coefficient (Wildman–Crippen LogP) is 5.43. The second-order valence-corrected chi connectivity index (χ2v) is 14.4. The average molecular weight is 497 g/mol. The van der Waals surface area contributed by atoms with Crippen molar-refractivity contribution in [2.24, 2.45) is 0 Å². The highest BCUT2D eigenvalue weighted by molar-refractivity contribution is 9.15. The number of para-hydroxylation sites is 1. The van der Waals surface area contributed by atoms with Crippen LogP contribution in [-0.2, 0) is 11.3 Å². The van der Waals surface area contributed by atoms with Gasteiger partial charge in [-0.1, -0.05) is 55.1 Å². The highest BCUT2D eigenvalue weighted by Gasteiger charge is 2.30. The molecule has 1 aromatic heterocycles. The lowest BCUT2D eigenvalue weighted by Gasteiger charge is -2.23. The number of hydrogen-bond donors (Lipinski definition) is 0. The third-order valence-corrected chi connectivity index (χ3v) is 8.00. The summed E-state index contributed by atoms with van der Waals surface area (Å²) in [5.74, 6) is 0.813. The highest BCUT2D eigenvalue weighted by Crippen LogP contribution is 2.41. The molecule has 0 aliphatic carbocycles. The van der Waals surface area contributed by atoms with Crippen molar-refractivity contribution >= 4 is 51.0 Å². The molecule has 2 aromatic carbocycles. The maximum atomic E-state index is 13.4. The van der Waals surface area contributed by atoms with Crippen molar-refractivity contribution in [1.82, 2.24) is 5.16 Å². The Labute approximate surface area is 191 Å². The van der Waals surface area contributed by atoms with E-state index in [0.29, 0.717) is 6.54 Å². The first-order chi connectivity index (χ1) is 14.8. The van der Waals surface area contributed by atoms with Crippen molar-refractivity contribution < 1.29 is 14.1 Å². The maximum absolute atomic E-state index is 13.4. The van der Waals surface area contributed by atoms with Crippen LogP contribution in [0.1, 0.15) is 23.2 Å². The normalized spacial score (nSPS) is 14.5. The minimum atomic E-state index is -1.64. The van der Waals surface area contributed by atoms with Crippen LogP contribution in [-0.4, -0.2) is 26.2 Å². The number of fused-ring (bicyclic) bond motifs is 1. The molecule has 0 saturated carbocycles. The molecule has 4 rings (SSSR count). The lowest BCUT2D eigenvalue weighted by Crippen LogP contribution is -2.36. The molecule has 0 spiro atoms.